The number of carbonyl (C=O) groups excluding carboxylic acids is 1. The number of Topliss-reactive ketones (excluding diaryl/α,β-unsaturated/α-hetero) is 1. The van der Waals surface area contributed by atoms with Crippen molar-refractivity contribution in [1.29, 1.82) is 0 Å². The van der Waals surface area contributed by atoms with Gasteiger partial charge < -0.3 is 14.3 Å². The first-order valence-corrected chi connectivity index (χ1v) is 12.1. The van der Waals surface area contributed by atoms with E-state index in [1.54, 1.807) is 13.3 Å². The molecule has 0 saturated heterocycles. The fraction of sp³-hybridized carbons (Fsp3) is 0.481. The molecule has 3 aromatic rings. The van der Waals surface area contributed by atoms with Crippen molar-refractivity contribution in [2.45, 2.75) is 77.8 Å². The van der Waals surface area contributed by atoms with Crippen LogP contribution in [0.4, 0.5) is 4.79 Å². The number of rotatable bonds is 11. The Morgan fingerprint density at radius 3 is 2.57 bits per heavy atom. The summed E-state index contributed by atoms with van der Waals surface area (Å²) in [5.41, 5.74) is 0.794. The molecule has 0 aliphatic heterocycles. The van der Waals surface area contributed by atoms with Crippen LogP contribution in [0.25, 0.3) is 22.2 Å². The monoisotopic (exact) mass is 481 g/mol. The summed E-state index contributed by atoms with van der Waals surface area (Å²) >= 11 is 0. The van der Waals surface area contributed by atoms with E-state index >= 15 is 0 Å². The van der Waals surface area contributed by atoms with Crippen LogP contribution in [0.2, 0.25) is 0 Å². The van der Waals surface area contributed by atoms with Crippen LogP contribution in [0.1, 0.15) is 78.2 Å². The molecule has 3 rings (SSSR count). The first-order chi connectivity index (χ1) is 16.7. The van der Waals surface area contributed by atoms with Crippen molar-refractivity contribution in [3.8, 4) is 17.2 Å². The number of amides is 1. The molecule has 1 N–H and O–H groups in total. The maximum Gasteiger partial charge on any atom is 0.408 e. The summed E-state index contributed by atoms with van der Waals surface area (Å²) in [4.78, 5) is 34.4. The van der Waals surface area contributed by atoms with Gasteiger partial charge >= 0.3 is 6.09 Å². The van der Waals surface area contributed by atoms with E-state index in [2.05, 4.69) is 9.97 Å². The molecule has 2 aromatic heterocycles. The summed E-state index contributed by atoms with van der Waals surface area (Å²) in [5, 5.41) is 11.0. The van der Waals surface area contributed by atoms with Crippen LogP contribution in [0.3, 0.4) is 0 Å². The van der Waals surface area contributed by atoms with Gasteiger partial charge in [-0.2, -0.15) is 0 Å². The highest BCUT2D eigenvalue weighted by atomic mass is 16.5. The molecular weight excluding hydrogens is 446 g/mol. The van der Waals surface area contributed by atoms with Crippen molar-refractivity contribution < 1.29 is 23.8 Å². The van der Waals surface area contributed by atoms with E-state index in [1.165, 1.54) is 4.90 Å². The maximum atomic E-state index is 12.3. The molecule has 0 aliphatic rings. The van der Waals surface area contributed by atoms with Crippen LogP contribution in [0, 0.1) is 0 Å². The fourth-order valence-corrected chi connectivity index (χ4v) is 4.26. The molecule has 8 heteroatoms. The third kappa shape index (κ3) is 6.38. The number of para-hydroxylation sites is 1. The van der Waals surface area contributed by atoms with E-state index in [0.717, 1.165) is 30.2 Å². The van der Waals surface area contributed by atoms with Crippen molar-refractivity contribution in [2.75, 3.05) is 7.11 Å². The Morgan fingerprint density at radius 1 is 1.17 bits per heavy atom. The van der Waals surface area contributed by atoms with Gasteiger partial charge in [0.2, 0.25) is 11.8 Å². The van der Waals surface area contributed by atoms with Crippen LogP contribution in [-0.4, -0.2) is 44.5 Å². The van der Waals surface area contributed by atoms with Crippen molar-refractivity contribution >= 4 is 22.8 Å². The highest BCUT2D eigenvalue weighted by Gasteiger charge is 2.36. The molecule has 8 nitrogen and oxygen atoms in total. The molecular formula is C27H35N3O5. The first-order valence-electron chi connectivity index (χ1n) is 12.1. The smallest absolute Gasteiger partial charge is 0.408 e. The third-order valence-corrected chi connectivity index (χ3v) is 6.02. The molecule has 0 fully saturated rings. The number of nitrogens with zero attached hydrogens (tertiary/aromatic N) is 3. The number of hydrogen-bond acceptors (Lipinski definition) is 6. The molecule has 0 radical (unpaired) electrons. The number of hydrogen-bond donors (Lipinski definition) is 1. The molecule has 35 heavy (non-hydrogen) atoms. The van der Waals surface area contributed by atoms with Gasteiger partial charge in [-0.05, 0) is 45.7 Å². The SMILES string of the molecule is CCC(=O)CCCCC[C@@H](c1ncc(-c2cc3ccccc3nc2OC)o1)N(C(=O)O)C(C)(C)C. The number of unbranched alkanes of at least 4 members (excludes halogenated alkanes) is 2. The first kappa shape index (κ1) is 26.2. The van der Waals surface area contributed by atoms with Gasteiger partial charge in [0.25, 0.3) is 0 Å². The Hall–Kier alpha value is -3.42. The van der Waals surface area contributed by atoms with Gasteiger partial charge in [0, 0.05) is 23.8 Å². The van der Waals surface area contributed by atoms with Crippen LogP contribution >= 0.6 is 0 Å². The second-order valence-electron chi connectivity index (χ2n) is 9.63. The summed E-state index contributed by atoms with van der Waals surface area (Å²) in [5.74, 6) is 1.46. The minimum atomic E-state index is -1.03. The Balaban J connectivity index is 1.91. The van der Waals surface area contributed by atoms with Crippen LogP contribution in [0.15, 0.2) is 40.9 Å². The lowest BCUT2D eigenvalue weighted by Gasteiger charge is -2.38. The number of carbonyl (C=O) groups is 2. The lowest BCUT2D eigenvalue weighted by molar-refractivity contribution is -0.118. The minimum absolute atomic E-state index is 0.249. The van der Waals surface area contributed by atoms with Crippen LogP contribution in [0.5, 0.6) is 5.88 Å². The molecule has 0 saturated carbocycles. The topological polar surface area (TPSA) is 106 Å². The van der Waals surface area contributed by atoms with E-state index in [1.807, 2.05) is 58.0 Å². The number of benzene rings is 1. The Bertz CT molecular complexity index is 1170. The number of aromatic nitrogens is 2. The average molecular weight is 482 g/mol. The van der Waals surface area contributed by atoms with Crippen molar-refractivity contribution in [1.82, 2.24) is 14.9 Å². The van der Waals surface area contributed by atoms with E-state index < -0.39 is 17.7 Å². The molecule has 0 unspecified atom stereocenters. The predicted octanol–water partition coefficient (Wildman–Crippen LogP) is 6.65. The maximum absolute atomic E-state index is 12.3. The Morgan fingerprint density at radius 2 is 1.91 bits per heavy atom. The number of carboxylic acid groups (broad SMARTS) is 1. The van der Waals surface area contributed by atoms with Crippen molar-refractivity contribution in [2.24, 2.45) is 0 Å². The molecule has 2 heterocycles. The average Bonchev–Trinajstić information content (AvgIpc) is 3.30. The molecule has 1 amide bonds. The Labute approximate surface area is 206 Å². The standard InChI is InChI=1S/C27H35N3O5/c1-6-19(31)13-8-7-9-15-22(30(26(32)33)27(2,3)4)25-28-17-23(35-25)20-16-18-12-10-11-14-21(18)29-24(20)34-5/h10-12,14,16-17,22H,6-9,13,15H2,1-5H3,(H,32,33)/t22-/m0/s1. The van der Waals surface area contributed by atoms with Gasteiger partial charge in [0.1, 0.15) is 11.8 Å². The zero-order valence-corrected chi connectivity index (χ0v) is 21.2. The summed E-state index contributed by atoms with van der Waals surface area (Å²) in [6.45, 7) is 7.43. The zero-order valence-electron chi connectivity index (χ0n) is 21.2. The molecule has 0 spiro atoms. The number of pyridine rings is 1. The van der Waals surface area contributed by atoms with Gasteiger partial charge in [0.05, 0.1) is 24.4 Å². The Kier molecular flexibility index (Phi) is 8.48. The quantitative estimate of drug-likeness (QED) is 0.306. The second kappa shape index (κ2) is 11.3. The molecule has 0 bridgehead atoms. The third-order valence-electron chi connectivity index (χ3n) is 6.02. The number of ketones is 1. The normalized spacial score (nSPS) is 12.5. The van der Waals surface area contributed by atoms with Crippen molar-refractivity contribution in [3.05, 3.63) is 42.4 Å². The van der Waals surface area contributed by atoms with E-state index in [9.17, 15) is 14.7 Å². The van der Waals surface area contributed by atoms with Crippen LogP contribution < -0.4 is 4.74 Å². The number of fused-ring (bicyclic) bond motifs is 1. The highest BCUT2D eigenvalue weighted by molar-refractivity contribution is 5.85. The lowest BCUT2D eigenvalue weighted by Crippen LogP contribution is -2.47. The number of oxazole rings is 1. The van der Waals surface area contributed by atoms with Crippen molar-refractivity contribution in [3.63, 3.8) is 0 Å². The summed E-state index contributed by atoms with van der Waals surface area (Å²) in [7, 11) is 1.55. The minimum Gasteiger partial charge on any atom is -0.480 e. The molecule has 1 aromatic carbocycles. The predicted molar refractivity (Wildman–Crippen MR) is 135 cm³/mol. The zero-order chi connectivity index (χ0) is 25.6. The molecule has 0 aliphatic carbocycles. The second-order valence-corrected chi connectivity index (χ2v) is 9.63. The largest absolute Gasteiger partial charge is 0.480 e. The number of methoxy groups -OCH3 is 1. The van der Waals surface area contributed by atoms with Gasteiger partial charge in [-0.15, -0.1) is 0 Å². The lowest BCUT2D eigenvalue weighted by atomic mass is 9.99. The van der Waals surface area contributed by atoms with Crippen LogP contribution in [-0.2, 0) is 4.79 Å². The van der Waals surface area contributed by atoms with Gasteiger partial charge in [-0.25, -0.2) is 14.8 Å². The summed E-state index contributed by atoms with van der Waals surface area (Å²) < 4.78 is 11.7. The summed E-state index contributed by atoms with van der Waals surface area (Å²) in [6.07, 6.45) is 4.57. The fourth-order valence-electron chi connectivity index (χ4n) is 4.26. The number of ether oxygens (including phenoxy) is 1. The van der Waals surface area contributed by atoms with E-state index in [-0.39, 0.29) is 5.78 Å². The summed E-state index contributed by atoms with van der Waals surface area (Å²) in [6, 6.07) is 9.08. The molecule has 1 atom stereocenters. The van der Waals surface area contributed by atoms with E-state index in [4.69, 9.17) is 9.15 Å². The van der Waals surface area contributed by atoms with E-state index in [0.29, 0.717) is 42.4 Å². The van der Waals surface area contributed by atoms with Gasteiger partial charge in [-0.3, -0.25) is 9.69 Å². The molecule has 188 valence electrons. The van der Waals surface area contributed by atoms with Gasteiger partial charge in [0.15, 0.2) is 5.76 Å². The van der Waals surface area contributed by atoms with Gasteiger partial charge in [-0.1, -0.05) is 38.0 Å². The highest BCUT2D eigenvalue weighted by Crippen LogP contribution is 2.37.